The van der Waals surface area contributed by atoms with E-state index in [9.17, 15) is 4.21 Å². The average Bonchev–Trinajstić information content (AvgIpc) is 2.06. The van der Waals surface area contributed by atoms with Gasteiger partial charge < -0.3 is 0 Å². The van der Waals surface area contributed by atoms with Crippen LogP contribution in [0.25, 0.3) is 0 Å². The summed E-state index contributed by atoms with van der Waals surface area (Å²) in [5, 5.41) is 0. The molecule has 68 valence electrons. The third-order valence-corrected chi connectivity index (χ3v) is 3.70. The first kappa shape index (κ1) is 9.76. The Hall–Kier alpha value is -0.330. The summed E-state index contributed by atoms with van der Waals surface area (Å²) >= 11 is 0. The molecule has 0 amide bonds. The van der Waals surface area contributed by atoms with Crippen LogP contribution in [0.2, 0.25) is 0 Å². The van der Waals surface area contributed by atoms with E-state index in [1.54, 1.807) is 0 Å². The molecule has 0 bridgehead atoms. The van der Waals surface area contributed by atoms with Gasteiger partial charge in [0.05, 0.1) is 6.54 Å². The maximum atomic E-state index is 11.0. The van der Waals surface area contributed by atoms with Crippen LogP contribution in [0.5, 0.6) is 0 Å². The van der Waals surface area contributed by atoms with Gasteiger partial charge in [0.15, 0.2) is 0 Å². The lowest BCUT2D eigenvalue weighted by molar-refractivity contribution is 0.254. The monoisotopic (exact) mass is 185 g/mol. The Morgan fingerprint density at radius 3 is 2.67 bits per heavy atom. The minimum Gasteiger partial charge on any atom is -0.292 e. The van der Waals surface area contributed by atoms with Gasteiger partial charge in [-0.1, -0.05) is 5.92 Å². The third kappa shape index (κ3) is 2.62. The SMILES string of the molecule is C#CCN(C)C1CCS(=O)CC1. The van der Waals surface area contributed by atoms with Crippen LogP contribution < -0.4 is 0 Å². The molecule has 0 saturated carbocycles. The maximum Gasteiger partial charge on any atom is 0.0598 e. The lowest BCUT2D eigenvalue weighted by Crippen LogP contribution is -2.37. The van der Waals surface area contributed by atoms with E-state index in [1.807, 2.05) is 7.05 Å². The molecule has 1 aliphatic heterocycles. The van der Waals surface area contributed by atoms with Gasteiger partial charge in [0.25, 0.3) is 0 Å². The van der Waals surface area contributed by atoms with Gasteiger partial charge in [-0.3, -0.25) is 9.11 Å². The van der Waals surface area contributed by atoms with Crippen LogP contribution in [0.4, 0.5) is 0 Å². The second-order valence-corrected chi connectivity index (χ2v) is 4.89. The first-order valence-electron chi connectivity index (χ1n) is 4.22. The van der Waals surface area contributed by atoms with E-state index in [1.165, 1.54) is 0 Å². The van der Waals surface area contributed by atoms with Crippen LogP contribution in [-0.2, 0) is 10.8 Å². The fraction of sp³-hybridized carbons (Fsp3) is 0.778. The van der Waals surface area contributed by atoms with E-state index in [2.05, 4.69) is 10.8 Å². The molecule has 1 aliphatic rings. The van der Waals surface area contributed by atoms with Crippen molar-refractivity contribution in [1.82, 2.24) is 4.90 Å². The molecule has 0 spiro atoms. The first-order chi connectivity index (χ1) is 5.74. The second-order valence-electron chi connectivity index (χ2n) is 3.20. The third-order valence-electron chi connectivity index (χ3n) is 2.32. The Morgan fingerprint density at radius 2 is 2.17 bits per heavy atom. The highest BCUT2D eigenvalue weighted by molar-refractivity contribution is 7.85. The van der Waals surface area contributed by atoms with Gasteiger partial charge in [0.1, 0.15) is 0 Å². The molecule has 0 unspecified atom stereocenters. The van der Waals surface area contributed by atoms with Gasteiger partial charge in [0, 0.05) is 28.3 Å². The smallest absolute Gasteiger partial charge is 0.0598 e. The van der Waals surface area contributed by atoms with Crippen molar-refractivity contribution < 1.29 is 4.21 Å². The van der Waals surface area contributed by atoms with E-state index in [0.29, 0.717) is 12.6 Å². The zero-order valence-electron chi connectivity index (χ0n) is 7.45. The van der Waals surface area contributed by atoms with Gasteiger partial charge in [-0.05, 0) is 19.9 Å². The van der Waals surface area contributed by atoms with Gasteiger partial charge in [0.2, 0.25) is 0 Å². The molecule has 0 aromatic carbocycles. The number of rotatable bonds is 2. The van der Waals surface area contributed by atoms with Crippen molar-refractivity contribution in [3.05, 3.63) is 0 Å². The van der Waals surface area contributed by atoms with Gasteiger partial charge in [-0.15, -0.1) is 6.42 Å². The molecule has 0 aromatic rings. The lowest BCUT2D eigenvalue weighted by atomic mass is 10.1. The summed E-state index contributed by atoms with van der Waals surface area (Å²) < 4.78 is 11.0. The van der Waals surface area contributed by atoms with Crippen molar-refractivity contribution in [2.75, 3.05) is 25.1 Å². The molecule has 1 rings (SSSR count). The summed E-state index contributed by atoms with van der Waals surface area (Å²) in [6.07, 6.45) is 7.28. The Morgan fingerprint density at radius 1 is 1.58 bits per heavy atom. The van der Waals surface area contributed by atoms with Crippen LogP contribution in [0.15, 0.2) is 0 Å². The molecule has 0 aliphatic carbocycles. The predicted molar refractivity (Wildman–Crippen MR) is 52.4 cm³/mol. The number of nitrogens with zero attached hydrogens (tertiary/aromatic N) is 1. The number of hydrogen-bond donors (Lipinski definition) is 0. The van der Waals surface area contributed by atoms with Crippen molar-refractivity contribution in [3.63, 3.8) is 0 Å². The van der Waals surface area contributed by atoms with E-state index >= 15 is 0 Å². The predicted octanol–water partition coefficient (Wildman–Crippen LogP) is 0.463. The van der Waals surface area contributed by atoms with E-state index in [-0.39, 0.29) is 0 Å². The fourth-order valence-corrected chi connectivity index (χ4v) is 2.77. The highest BCUT2D eigenvalue weighted by Crippen LogP contribution is 2.13. The van der Waals surface area contributed by atoms with Crippen molar-refractivity contribution in [2.24, 2.45) is 0 Å². The highest BCUT2D eigenvalue weighted by atomic mass is 32.2. The highest BCUT2D eigenvalue weighted by Gasteiger charge is 2.20. The summed E-state index contributed by atoms with van der Waals surface area (Å²) in [7, 11) is 1.48. The lowest BCUT2D eigenvalue weighted by Gasteiger charge is -2.29. The van der Waals surface area contributed by atoms with Crippen LogP contribution >= 0.6 is 0 Å². The Labute approximate surface area is 76.8 Å². The largest absolute Gasteiger partial charge is 0.292 e. The van der Waals surface area contributed by atoms with Crippen LogP contribution in [0.1, 0.15) is 12.8 Å². The van der Waals surface area contributed by atoms with Crippen LogP contribution in [0, 0.1) is 12.3 Å². The topological polar surface area (TPSA) is 20.3 Å². The summed E-state index contributed by atoms with van der Waals surface area (Å²) in [5.41, 5.74) is 0. The summed E-state index contributed by atoms with van der Waals surface area (Å²) in [5.74, 6) is 4.32. The molecule has 0 atom stereocenters. The summed E-state index contributed by atoms with van der Waals surface area (Å²) in [4.78, 5) is 2.18. The van der Waals surface area contributed by atoms with Crippen LogP contribution in [0.3, 0.4) is 0 Å². The second kappa shape index (κ2) is 4.64. The summed E-state index contributed by atoms with van der Waals surface area (Å²) in [6.45, 7) is 0.706. The quantitative estimate of drug-likeness (QED) is 0.583. The van der Waals surface area contributed by atoms with Gasteiger partial charge in [-0.25, -0.2) is 0 Å². The Balaban J connectivity index is 2.34. The molecule has 1 saturated heterocycles. The van der Waals surface area contributed by atoms with E-state index in [0.717, 1.165) is 24.3 Å². The van der Waals surface area contributed by atoms with Gasteiger partial charge >= 0.3 is 0 Å². The summed E-state index contributed by atoms with van der Waals surface area (Å²) in [6, 6.07) is 0.554. The minimum atomic E-state index is -0.560. The zero-order chi connectivity index (χ0) is 8.97. The van der Waals surface area contributed by atoms with Crippen LogP contribution in [-0.4, -0.2) is 40.2 Å². The first-order valence-corrected chi connectivity index (χ1v) is 5.71. The molecule has 1 heterocycles. The molecule has 0 radical (unpaired) electrons. The molecule has 1 fully saturated rings. The van der Waals surface area contributed by atoms with Crippen molar-refractivity contribution in [2.45, 2.75) is 18.9 Å². The standard InChI is InChI=1S/C9H15NOS/c1-3-6-10(2)9-4-7-12(11)8-5-9/h1,9H,4-8H2,2H3. The molecule has 12 heavy (non-hydrogen) atoms. The Bertz CT molecular complexity index is 199. The molecule has 0 aromatic heterocycles. The molecule has 3 heteroatoms. The molecular weight excluding hydrogens is 170 g/mol. The maximum absolute atomic E-state index is 11.0. The van der Waals surface area contributed by atoms with Crippen molar-refractivity contribution >= 4 is 10.8 Å². The number of hydrogen-bond acceptors (Lipinski definition) is 2. The normalized spacial score (nSPS) is 30.1. The fourth-order valence-electron chi connectivity index (χ4n) is 1.50. The van der Waals surface area contributed by atoms with E-state index in [4.69, 9.17) is 6.42 Å². The molecule has 2 nitrogen and oxygen atoms in total. The van der Waals surface area contributed by atoms with Crippen molar-refractivity contribution in [1.29, 1.82) is 0 Å². The molecule has 0 N–H and O–H groups in total. The van der Waals surface area contributed by atoms with E-state index < -0.39 is 10.8 Å². The Kier molecular flexibility index (Phi) is 3.77. The zero-order valence-corrected chi connectivity index (χ0v) is 8.27. The van der Waals surface area contributed by atoms with Gasteiger partial charge in [-0.2, -0.15) is 0 Å². The number of terminal acetylenes is 1. The molecular formula is C9H15NOS. The average molecular weight is 185 g/mol. The van der Waals surface area contributed by atoms with Crippen molar-refractivity contribution in [3.8, 4) is 12.3 Å². The minimum absolute atomic E-state index is 0.554.